The molecule has 0 aromatic rings. The number of likely N-dealkylation sites (tertiary alicyclic amines) is 1. The Morgan fingerprint density at radius 2 is 1.76 bits per heavy atom. The second-order valence-corrected chi connectivity index (χ2v) is 4.12. The normalized spacial score (nSPS) is 17.5. The van der Waals surface area contributed by atoms with Gasteiger partial charge in [0.15, 0.2) is 5.78 Å². The van der Waals surface area contributed by atoms with Crippen LogP contribution in [0.2, 0.25) is 0 Å². The van der Waals surface area contributed by atoms with Gasteiger partial charge in [-0.15, -0.1) is 23.2 Å². The van der Waals surface area contributed by atoms with Crippen molar-refractivity contribution in [1.29, 1.82) is 0 Å². The van der Waals surface area contributed by atoms with E-state index in [-0.39, 0.29) is 23.1 Å². The molecule has 3 nitrogen and oxygen atoms in total. The number of carbonyl (C=O) groups is 2. The lowest BCUT2D eigenvalue weighted by atomic mass is 10.1. The van der Waals surface area contributed by atoms with Crippen LogP contribution in [0.4, 0.5) is 0 Å². The van der Waals surface area contributed by atoms with E-state index in [1.54, 1.807) is 11.8 Å². The molecule has 0 bridgehead atoms. The Labute approximate surface area is 114 Å². The average molecular weight is 284 g/mol. The van der Waals surface area contributed by atoms with Crippen molar-refractivity contribution in [3.63, 3.8) is 0 Å². The van der Waals surface area contributed by atoms with Crippen LogP contribution in [0.3, 0.4) is 0 Å². The van der Waals surface area contributed by atoms with Gasteiger partial charge in [0, 0.05) is 13.0 Å². The van der Waals surface area contributed by atoms with Gasteiger partial charge in [-0.3, -0.25) is 9.59 Å². The van der Waals surface area contributed by atoms with Crippen molar-refractivity contribution >= 4 is 34.9 Å². The molecule has 102 valence electrons. The third kappa shape index (κ3) is 7.61. The van der Waals surface area contributed by atoms with E-state index in [0.29, 0.717) is 6.42 Å². The number of Topliss-reactive ketones (excluding diaryl/α,β-unsaturated/α-hetero) is 1. The van der Waals surface area contributed by atoms with Crippen LogP contribution in [0.15, 0.2) is 0 Å². The number of halogens is 2. The van der Waals surface area contributed by atoms with E-state index < -0.39 is 0 Å². The molecular weight excluding hydrogens is 261 g/mol. The Morgan fingerprint density at radius 3 is 2.12 bits per heavy atom. The van der Waals surface area contributed by atoms with E-state index >= 15 is 0 Å². The molecule has 5 heteroatoms. The molecular formula is C12H23Cl2NO2. The summed E-state index contributed by atoms with van der Waals surface area (Å²) < 4.78 is 0. The van der Waals surface area contributed by atoms with Crippen molar-refractivity contribution in [3.05, 3.63) is 0 Å². The summed E-state index contributed by atoms with van der Waals surface area (Å²) in [7, 11) is 0. The van der Waals surface area contributed by atoms with Gasteiger partial charge in [-0.05, 0) is 19.8 Å². The van der Waals surface area contributed by atoms with E-state index in [2.05, 4.69) is 0 Å². The van der Waals surface area contributed by atoms with Crippen LogP contribution in [0.5, 0.6) is 0 Å². The lowest BCUT2D eigenvalue weighted by molar-refractivity contribution is -0.136. The van der Waals surface area contributed by atoms with Gasteiger partial charge in [-0.1, -0.05) is 20.8 Å². The van der Waals surface area contributed by atoms with Gasteiger partial charge in [-0.25, -0.2) is 0 Å². The number of rotatable bonds is 2. The maximum atomic E-state index is 11.3. The van der Waals surface area contributed by atoms with E-state index in [1.807, 2.05) is 20.8 Å². The van der Waals surface area contributed by atoms with E-state index in [4.69, 9.17) is 23.2 Å². The molecule has 1 saturated heterocycles. The van der Waals surface area contributed by atoms with Crippen LogP contribution in [0.1, 0.15) is 47.0 Å². The fraction of sp³-hybridized carbons (Fsp3) is 0.833. The maximum absolute atomic E-state index is 11.3. The molecule has 1 unspecified atom stereocenters. The number of hydrogen-bond acceptors (Lipinski definition) is 2. The molecule has 1 heterocycles. The number of nitrogens with zero attached hydrogens (tertiary/aromatic N) is 1. The Bertz CT molecular complexity index is 223. The molecule has 0 spiro atoms. The molecule has 0 saturated carbocycles. The minimum absolute atomic E-state index is 0.104. The van der Waals surface area contributed by atoms with Crippen molar-refractivity contribution < 1.29 is 9.59 Å². The van der Waals surface area contributed by atoms with Crippen molar-refractivity contribution in [2.24, 2.45) is 0 Å². The second-order valence-electron chi connectivity index (χ2n) is 3.31. The first-order chi connectivity index (χ1) is 8.08. The number of carbonyl (C=O) groups excluding carboxylic acids is 2. The highest BCUT2D eigenvalue weighted by molar-refractivity contribution is 6.40. The average Bonchev–Trinajstić information content (AvgIpc) is 2.81. The van der Waals surface area contributed by atoms with Crippen molar-refractivity contribution in [3.8, 4) is 0 Å². The second kappa shape index (κ2) is 12.2. The zero-order valence-corrected chi connectivity index (χ0v) is 12.6. The predicted molar refractivity (Wildman–Crippen MR) is 73.6 cm³/mol. The van der Waals surface area contributed by atoms with Crippen molar-refractivity contribution in [2.45, 2.75) is 53.0 Å². The summed E-state index contributed by atoms with van der Waals surface area (Å²) in [4.78, 5) is 24.1. The first-order valence-corrected chi connectivity index (χ1v) is 7.07. The lowest BCUT2D eigenvalue weighted by Gasteiger charge is -2.21. The van der Waals surface area contributed by atoms with Crippen LogP contribution in [-0.4, -0.2) is 34.5 Å². The fourth-order valence-electron chi connectivity index (χ4n) is 1.69. The Morgan fingerprint density at radius 1 is 1.29 bits per heavy atom. The van der Waals surface area contributed by atoms with E-state index in [9.17, 15) is 9.59 Å². The molecule has 0 aromatic heterocycles. The third-order valence-electron chi connectivity index (χ3n) is 2.34. The predicted octanol–water partition coefficient (Wildman–Crippen LogP) is 3.42. The molecule has 1 aliphatic heterocycles. The van der Waals surface area contributed by atoms with Crippen LogP contribution in [0.25, 0.3) is 0 Å². The van der Waals surface area contributed by atoms with Gasteiger partial charge >= 0.3 is 0 Å². The highest BCUT2D eigenvalue weighted by atomic mass is 35.5. The molecule has 1 amide bonds. The molecule has 1 rings (SSSR count). The number of amides is 1. The molecule has 1 aliphatic rings. The highest BCUT2D eigenvalue weighted by Crippen LogP contribution is 2.18. The fourth-order valence-corrected chi connectivity index (χ4v) is 1.69. The number of alkyl halides is 2. The van der Waals surface area contributed by atoms with Gasteiger partial charge in [0.1, 0.15) is 0 Å². The van der Waals surface area contributed by atoms with Crippen LogP contribution >= 0.6 is 23.2 Å². The third-order valence-corrected chi connectivity index (χ3v) is 2.34. The molecule has 1 fully saturated rings. The summed E-state index contributed by atoms with van der Waals surface area (Å²) >= 11 is 9.53. The van der Waals surface area contributed by atoms with E-state index in [0.717, 1.165) is 19.4 Å². The topological polar surface area (TPSA) is 37.4 Å². The quantitative estimate of drug-likeness (QED) is 0.728. The van der Waals surface area contributed by atoms with Crippen molar-refractivity contribution in [1.82, 2.24) is 4.90 Å². The molecule has 1 atom stereocenters. The minimum Gasteiger partial charge on any atom is -0.333 e. The summed E-state index contributed by atoms with van der Waals surface area (Å²) in [6.45, 7) is 8.15. The van der Waals surface area contributed by atoms with Crippen LogP contribution in [0, 0.1) is 0 Å². The maximum Gasteiger partial charge on any atom is 0.222 e. The van der Waals surface area contributed by atoms with E-state index in [1.165, 1.54) is 0 Å². The van der Waals surface area contributed by atoms with Gasteiger partial charge in [0.25, 0.3) is 0 Å². The minimum atomic E-state index is -0.127. The Balaban J connectivity index is 0. The summed E-state index contributed by atoms with van der Waals surface area (Å²) in [6.07, 6.45) is 2.32. The summed E-state index contributed by atoms with van der Waals surface area (Å²) in [5.41, 5.74) is 0. The molecule has 0 N–H and O–H groups in total. The largest absolute Gasteiger partial charge is 0.333 e. The molecule has 0 aliphatic carbocycles. The zero-order valence-electron chi connectivity index (χ0n) is 11.1. The Kier molecular flexibility index (Phi) is 13.7. The van der Waals surface area contributed by atoms with Gasteiger partial charge < -0.3 is 4.90 Å². The molecule has 0 radical (unpaired) electrons. The van der Waals surface area contributed by atoms with Crippen molar-refractivity contribution in [2.75, 3.05) is 11.9 Å². The summed E-state index contributed by atoms with van der Waals surface area (Å²) in [5.74, 6) is 0.224. The van der Waals surface area contributed by atoms with Gasteiger partial charge in [-0.2, -0.15) is 0 Å². The smallest absolute Gasteiger partial charge is 0.222 e. The van der Waals surface area contributed by atoms with Crippen LogP contribution in [-0.2, 0) is 9.59 Å². The van der Waals surface area contributed by atoms with Gasteiger partial charge in [0.2, 0.25) is 5.91 Å². The summed E-state index contributed by atoms with van der Waals surface area (Å²) in [5, 5.41) is 0.194. The molecule has 0 aromatic carbocycles. The monoisotopic (exact) mass is 283 g/mol. The number of ketones is 1. The SMILES string of the molecule is CC.CCC(=O)N1CCCC1C(C)=O.ClCCl. The van der Waals surface area contributed by atoms with Crippen LogP contribution < -0.4 is 0 Å². The highest BCUT2D eigenvalue weighted by Gasteiger charge is 2.30. The first-order valence-electron chi connectivity index (χ1n) is 6.00. The van der Waals surface area contributed by atoms with Gasteiger partial charge in [0.05, 0.1) is 11.4 Å². The lowest BCUT2D eigenvalue weighted by Crippen LogP contribution is -2.39. The zero-order chi connectivity index (χ0) is 13.8. The molecule has 17 heavy (non-hydrogen) atoms. The Hall–Kier alpha value is -0.280. The standard InChI is InChI=1S/C9H15NO2.C2H6.CH2Cl2/c1-3-9(12)10-6-4-5-8(10)7(2)11;1-2;2-1-3/h8H,3-6H2,1-2H3;1-2H3;1H2. The number of hydrogen-bond donors (Lipinski definition) is 0. The summed E-state index contributed by atoms with van der Waals surface area (Å²) in [6, 6.07) is -0.127. The first kappa shape index (κ1) is 19.1.